The lowest BCUT2D eigenvalue weighted by atomic mass is 9.83. The molecule has 0 atom stereocenters. The maximum absolute atomic E-state index is 2.49. The first-order valence-corrected chi connectivity index (χ1v) is 25.9. The Kier molecular flexibility index (Phi) is 11.5. The van der Waals surface area contributed by atoms with Crippen LogP contribution >= 0.6 is 0 Å². The molecule has 2 nitrogen and oxygen atoms in total. The van der Waals surface area contributed by atoms with Gasteiger partial charge in [0.25, 0.3) is 0 Å². The van der Waals surface area contributed by atoms with Crippen LogP contribution in [0.4, 0.5) is 28.4 Å². The molecule has 13 rings (SSSR count). The fraction of sp³-hybridized carbons (Fsp3) is 0.0556. The predicted molar refractivity (Wildman–Crippen MR) is 317 cm³/mol. The lowest BCUT2D eigenvalue weighted by Gasteiger charge is -2.30. The third-order valence-electron chi connectivity index (χ3n) is 15.0. The number of anilines is 5. The molecule has 0 saturated heterocycles. The van der Waals surface area contributed by atoms with Crippen molar-refractivity contribution < 1.29 is 0 Å². The van der Waals surface area contributed by atoms with Gasteiger partial charge in [-0.3, -0.25) is 0 Å². The van der Waals surface area contributed by atoms with E-state index < -0.39 is 0 Å². The minimum absolute atomic E-state index is 0.943. The highest BCUT2D eigenvalue weighted by molar-refractivity contribution is 6.26. The molecule has 12 aromatic rings. The minimum Gasteiger partial charge on any atom is -0.314 e. The Morgan fingerprint density at radius 1 is 0.311 bits per heavy atom. The number of aryl methyl sites for hydroxylation is 2. The second-order valence-corrected chi connectivity index (χ2v) is 19.7. The number of benzene rings is 12. The van der Waals surface area contributed by atoms with Gasteiger partial charge in [-0.05, 0) is 181 Å². The molecule has 2 heteroatoms. The number of fused-ring (bicyclic) bond motifs is 4. The molecule has 0 aliphatic heterocycles. The van der Waals surface area contributed by atoms with Gasteiger partial charge in [0.05, 0.1) is 0 Å². The van der Waals surface area contributed by atoms with Crippen LogP contribution in [0.1, 0.15) is 24.0 Å². The average Bonchev–Trinajstić information content (AvgIpc) is 3.46. The van der Waals surface area contributed by atoms with Gasteiger partial charge in [-0.1, -0.05) is 211 Å². The fourth-order valence-corrected chi connectivity index (χ4v) is 11.3. The highest BCUT2D eigenvalue weighted by Crippen LogP contribution is 2.50. The van der Waals surface area contributed by atoms with Crippen LogP contribution in [0.2, 0.25) is 0 Å². The summed E-state index contributed by atoms with van der Waals surface area (Å²) in [5.41, 5.74) is 19.1. The number of para-hydroxylation sites is 1. The second kappa shape index (κ2) is 19.1. The summed E-state index contributed by atoms with van der Waals surface area (Å²) in [6.45, 7) is 4.28. The van der Waals surface area contributed by atoms with E-state index in [1.807, 2.05) is 0 Å². The monoisotopic (exact) mass is 946 g/mol. The van der Waals surface area contributed by atoms with Crippen LogP contribution in [0.3, 0.4) is 0 Å². The number of nitrogens with zero attached hydrogens (tertiary/aromatic N) is 2. The summed E-state index contributed by atoms with van der Waals surface area (Å²) in [5, 5.41) is 9.71. The number of allylic oxidation sites excluding steroid dienone is 4. The van der Waals surface area contributed by atoms with Gasteiger partial charge in [-0.15, -0.1) is 0 Å². The molecular formula is C72H54N2. The molecule has 0 N–H and O–H groups in total. The molecule has 12 aromatic carbocycles. The zero-order valence-corrected chi connectivity index (χ0v) is 41.7. The molecule has 0 heterocycles. The molecular weight excluding hydrogens is 893 g/mol. The van der Waals surface area contributed by atoms with Gasteiger partial charge in [0.1, 0.15) is 0 Å². The Hall–Kier alpha value is -9.24. The van der Waals surface area contributed by atoms with Crippen molar-refractivity contribution in [2.75, 3.05) is 9.80 Å². The van der Waals surface area contributed by atoms with E-state index in [0.29, 0.717) is 0 Å². The summed E-state index contributed by atoms with van der Waals surface area (Å²) in [5.74, 6) is 0. The largest absolute Gasteiger partial charge is 0.314 e. The van der Waals surface area contributed by atoms with Crippen molar-refractivity contribution in [3.63, 3.8) is 0 Å². The molecule has 0 fully saturated rings. The summed E-state index contributed by atoms with van der Waals surface area (Å²) < 4.78 is 0. The van der Waals surface area contributed by atoms with Gasteiger partial charge in [0.2, 0.25) is 0 Å². The van der Waals surface area contributed by atoms with E-state index in [9.17, 15) is 0 Å². The van der Waals surface area contributed by atoms with E-state index in [0.717, 1.165) is 41.3 Å². The molecule has 0 amide bonds. The summed E-state index contributed by atoms with van der Waals surface area (Å²) in [7, 11) is 0. The van der Waals surface area contributed by atoms with Crippen molar-refractivity contribution in [2.24, 2.45) is 0 Å². The fourth-order valence-electron chi connectivity index (χ4n) is 11.3. The Morgan fingerprint density at radius 2 is 0.716 bits per heavy atom. The number of hydrogen-bond donors (Lipinski definition) is 0. The Morgan fingerprint density at radius 3 is 1.20 bits per heavy atom. The van der Waals surface area contributed by atoms with E-state index in [1.165, 1.54) is 104 Å². The summed E-state index contributed by atoms with van der Waals surface area (Å²) in [6, 6.07) is 92.3. The third kappa shape index (κ3) is 8.21. The van der Waals surface area contributed by atoms with Gasteiger partial charge in [-0.25, -0.2) is 0 Å². The van der Waals surface area contributed by atoms with E-state index >= 15 is 0 Å². The van der Waals surface area contributed by atoms with Crippen molar-refractivity contribution in [1.29, 1.82) is 0 Å². The summed E-state index contributed by atoms with van der Waals surface area (Å²) in [6.07, 6.45) is 8.73. The first-order chi connectivity index (χ1) is 36.5. The van der Waals surface area contributed by atoms with Crippen molar-refractivity contribution in [2.45, 2.75) is 26.7 Å². The first-order valence-electron chi connectivity index (χ1n) is 25.9. The number of rotatable bonds is 10. The van der Waals surface area contributed by atoms with Crippen LogP contribution in [0, 0.1) is 13.8 Å². The Bertz CT molecular complexity index is 4100. The van der Waals surface area contributed by atoms with E-state index in [2.05, 4.69) is 291 Å². The van der Waals surface area contributed by atoms with E-state index in [4.69, 9.17) is 0 Å². The van der Waals surface area contributed by atoms with Crippen LogP contribution < -0.4 is 9.80 Å². The van der Waals surface area contributed by atoms with Crippen LogP contribution in [-0.4, -0.2) is 0 Å². The van der Waals surface area contributed by atoms with Crippen molar-refractivity contribution in [3.05, 3.63) is 284 Å². The standard InChI is InChI=1S/C72H54N2/c1-49-27-31-51(32-28-49)53-35-39-59(40-36-53)73(57-19-5-3-6-20-57)61-43-45-67-69(47-61)71(65-25-13-17-55-15-9-11-23-63(55)65)68-46-44-62(48-70(68)72(67)66-26-14-18-56-16-10-12-24-64(56)66)74(58-21-7-4-8-22-58)60-41-37-54(38-42-60)52-33-29-50(2)30-34-52/h3-7,9-21,23-48H,8,22H2,1-2H3. The second-order valence-electron chi connectivity index (χ2n) is 19.7. The van der Waals surface area contributed by atoms with Gasteiger partial charge in [0.15, 0.2) is 0 Å². The van der Waals surface area contributed by atoms with Crippen molar-refractivity contribution in [3.8, 4) is 44.5 Å². The van der Waals surface area contributed by atoms with Gasteiger partial charge >= 0.3 is 0 Å². The highest BCUT2D eigenvalue weighted by Gasteiger charge is 2.24. The molecule has 0 bridgehead atoms. The van der Waals surface area contributed by atoms with Crippen LogP contribution in [0.5, 0.6) is 0 Å². The summed E-state index contributed by atoms with van der Waals surface area (Å²) >= 11 is 0. The normalized spacial score (nSPS) is 12.4. The minimum atomic E-state index is 0.943. The maximum atomic E-state index is 2.49. The van der Waals surface area contributed by atoms with Gasteiger partial charge < -0.3 is 9.80 Å². The predicted octanol–water partition coefficient (Wildman–Crippen LogP) is 20.4. The lowest BCUT2D eigenvalue weighted by molar-refractivity contribution is 0.918. The van der Waals surface area contributed by atoms with Gasteiger partial charge in [0, 0.05) is 34.1 Å². The first kappa shape index (κ1) is 44.7. The molecule has 0 radical (unpaired) electrons. The molecule has 74 heavy (non-hydrogen) atoms. The van der Waals surface area contributed by atoms with E-state index in [1.54, 1.807) is 0 Å². The Balaban J connectivity index is 1.09. The van der Waals surface area contributed by atoms with Crippen molar-refractivity contribution >= 4 is 71.5 Å². The lowest BCUT2D eigenvalue weighted by Crippen LogP contribution is -2.17. The van der Waals surface area contributed by atoms with Crippen molar-refractivity contribution in [1.82, 2.24) is 0 Å². The average molecular weight is 947 g/mol. The van der Waals surface area contributed by atoms with Gasteiger partial charge in [-0.2, -0.15) is 0 Å². The van der Waals surface area contributed by atoms with Crippen LogP contribution in [0.15, 0.2) is 273 Å². The third-order valence-corrected chi connectivity index (χ3v) is 15.0. The maximum Gasteiger partial charge on any atom is 0.0468 e. The smallest absolute Gasteiger partial charge is 0.0468 e. The number of hydrogen-bond acceptors (Lipinski definition) is 2. The zero-order valence-electron chi connectivity index (χ0n) is 41.7. The molecule has 0 spiro atoms. The zero-order chi connectivity index (χ0) is 49.5. The molecule has 1 aliphatic carbocycles. The summed E-state index contributed by atoms with van der Waals surface area (Å²) in [4.78, 5) is 4.89. The van der Waals surface area contributed by atoms with Crippen LogP contribution in [-0.2, 0) is 0 Å². The molecule has 0 aromatic heterocycles. The highest BCUT2D eigenvalue weighted by atomic mass is 15.2. The SMILES string of the molecule is Cc1ccc(-c2ccc(N(C3=CC=CCC3)c3ccc4c(-c5cccc6ccccc56)c5cc(N(c6ccccc6)c6ccc(-c7ccc(C)cc7)cc6)ccc5c(-c5cccc6ccccc56)c4c3)cc2)cc1. The molecule has 1 aliphatic rings. The molecule has 0 saturated carbocycles. The molecule has 352 valence electrons. The topological polar surface area (TPSA) is 6.48 Å². The quantitative estimate of drug-likeness (QED) is 0.126. The van der Waals surface area contributed by atoms with E-state index in [-0.39, 0.29) is 0 Å². The van der Waals surface area contributed by atoms with Crippen LogP contribution in [0.25, 0.3) is 87.6 Å². The Labute approximate surface area is 434 Å². The molecule has 0 unspecified atom stereocenters.